The average Bonchev–Trinajstić information content (AvgIpc) is 2.71. The van der Waals surface area contributed by atoms with Gasteiger partial charge >= 0.3 is 0 Å². The Morgan fingerprint density at radius 2 is 2.18 bits per heavy atom. The van der Waals surface area contributed by atoms with Crippen molar-refractivity contribution in [1.82, 2.24) is 5.16 Å². The number of nitrogens with zero attached hydrogens (tertiary/aromatic N) is 1. The molecular weight excluding hydrogens is 263 g/mol. The molecule has 2 aromatic rings. The Kier molecular flexibility index (Phi) is 3.36. The molecule has 88 valence electrons. The molecule has 1 aromatic heterocycles. The fourth-order valence-corrected chi connectivity index (χ4v) is 1.64. The SMILES string of the molecule is Cc1cnoc1C(=O)Nc1cccc(Cl)c1Cl. The Labute approximate surface area is 108 Å². The molecule has 0 unspecified atom stereocenters. The van der Waals surface area contributed by atoms with Crippen LogP contribution in [0.3, 0.4) is 0 Å². The molecule has 0 saturated heterocycles. The third kappa shape index (κ3) is 2.43. The van der Waals surface area contributed by atoms with Crippen molar-refractivity contribution in [2.75, 3.05) is 5.32 Å². The lowest BCUT2D eigenvalue weighted by Crippen LogP contribution is -2.12. The second-order valence-electron chi connectivity index (χ2n) is 3.39. The highest BCUT2D eigenvalue weighted by Crippen LogP contribution is 2.29. The summed E-state index contributed by atoms with van der Waals surface area (Å²) in [6, 6.07) is 4.98. The first-order valence-electron chi connectivity index (χ1n) is 4.76. The van der Waals surface area contributed by atoms with Gasteiger partial charge in [-0.1, -0.05) is 34.4 Å². The summed E-state index contributed by atoms with van der Waals surface area (Å²) in [5.74, 6) is -0.259. The molecule has 2 rings (SSSR count). The van der Waals surface area contributed by atoms with Gasteiger partial charge in [0.25, 0.3) is 5.91 Å². The summed E-state index contributed by atoms with van der Waals surface area (Å²) in [5.41, 5.74) is 1.08. The molecule has 4 nitrogen and oxygen atoms in total. The first kappa shape index (κ1) is 12.0. The highest BCUT2D eigenvalue weighted by atomic mass is 35.5. The summed E-state index contributed by atoms with van der Waals surface area (Å²) in [5, 5.41) is 6.80. The summed E-state index contributed by atoms with van der Waals surface area (Å²) in [6.07, 6.45) is 1.47. The van der Waals surface area contributed by atoms with Gasteiger partial charge in [-0.3, -0.25) is 4.79 Å². The van der Waals surface area contributed by atoms with Gasteiger partial charge in [-0.2, -0.15) is 0 Å². The first-order valence-corrected chi connectivity index (χ1v) is 5.52. The smallest absolute Gasteiger partial charge is 0.294 e. The number of rotatable bonds is 2. The number of amides is 1. The van der Waals surface area contributed by atoms with Crippen LogP contribution >= 0.6 is 23.2 Å². The minimum atomic E-state index is -0.413. The number of anilines is 1. The van der Waals surface area contributed by atoms with Crippen LogP contribution in [0.5, 0.6) is 0 Å². The van der Waals surface area contributed by atoms with Crippen molar-refractivity contribution in [1.29, 1.82) is 0 Å². The Hall–Kier alpha value is -1.52. The van der Waals surface area contributed by atoms with E-state index in [0.717, 1.165) is 0 Å². The number of aryl methyl sites for hydroxylation is 1. The molecule has 0 atom stereocenters. The standard InChI is InChI=1S/C11H8Cl2N2O2/c1-6-5-14-17-10(6)11(16)15-8-4-2-3-7(12)9(8)13/h2-5H,1H3,(H,15,16). The molecule has 17 heavy (non-hydrogen) atoms. The third-order valence-corrected chi connectivity index (χ3v) is 2.97. The lowest BCUT2D eigenvalue weighted by Gasteiger charge is -2.06. The van der Waals surface area contributed by atoms with Gasteiger partial charge in [0, 0.05) is 5.56 Å². The molecule has 0 fully saturated rings. The largest absolute Gasteiger partial charge is 0.351 e. The number of benzene rings is 1. The molecule has 6 heteroatoms. The second kappa shape index (κ2) is 4.77. The van der Waals surface area contributed by atoms with E-state index < -0.39 is 5.91 Å². The molecule has 0 saturated carbocycles. The number of carbonyl (C=O) groups is 1. The fourth-order valence-electron chi connectivity index (χ4n) is 1.29. The monoisotopic (exact) mass is 270 g/mol. The zero-order valence-electron chi connectivity index (χ0n) is 8.83. The highest BCUT2D eigenvalue weighted by Gasteiger charge is 2.16. The Bertz CT molecular complexity index is 566. The van der Waals surface area contributed by atoms with Gasteiger partial charge in [-0.05, 0) is 19.1 Å². The van der Waals surface area contributed by atoms with Crippen LogP contribution < -0.4 is 5.32 Å². The van der Waals surface area contributed by atoms with Crippen molar-refractivity contribution in [2.24, 2.45) is 0 Å². The maximum Gasteiger partial charge on any atom is 0.294 e. The van der Waals surface area contributed by atoms with Crippen molar-refractivity contribution < 1.29 is 9.32 Å². The van der Waals surface area contributed by atoms with Crippen molar-refractivity contribution in [3.8, 4) is 0 Å². The summed E-state index contributed by atoms with van der Waals surface area (Å²) >= 11 is 11.8. The minimum absolute atomic E-state index is 0.154. The predicted octanol–water partition coefficient (Wildman–Crippen LogP) is 3.54. The van der Waals surface area contributed by atoms with Crippen LogP contribution in [0, 0.1) is 6.92 Å². The van der Waals surface area contributed by atoms with E-state index in [-0.39, 0.29) is 5.76 Å². The lowest BCUT2D eigenvalue weighted by atomic mass is 10.2. The van der Waals surface area contributed by atoms with Crippen LogP contribution in [0.25, 0.3) is 0 Å². The lowest BCUT2D eigenvalue weighted by molar-refractivity contribution is 0.0987. The normalized spacial score (nSPS) is 10.3. The Balaban J connectivity index is 2.25. The second-order valence-corrected chi connectivity index (χ2v) is 4.18. The van der Waals surface area contributed by atoms with Gasteiger partial charge in [0.2, 0.25) is 5.76 Å². The van der Waals surface area contributed by atoms with Gasteiger partial charge in [-0.15, -0.1) is 0 Å². The Morgan fingerprint density at radius 1 is 1.41 bits per heavy atom. The van der Waals surface area contributed by atoms with Crippen molar-refractivity contribution >= 4 is 34.8 Å². The quantitative estimate of drug-likeness (QED) is 0.908. The zero-order valence-corrected chi connectivity index (χ0v) is 10.3. The van der Waals surface area contributed by atoms with Gasteiger partial charge in [0.05, 0.1) is 21.9 Å². The first-order chi connectivity index (χ1) is 8.09. The average molecular weight is 271 g/mol. The van der Waals surface area contributed by atoms with E-state index in [1.807, 2.05) is 0 Å². The van der Waals surface area contributed by atoms with Gasteiger partial charge in [0.15, 0.2) is 0 Å². The molecule has 1 N–H and O–H groups in total. The summed E-state index contributed by atoms with van der Waals surface area (Å²) in [7, 11) is 0. The number of hydrogen-bond donors (Lipinski definition) is 1. The topological polar surface area (TPSA) is 55.1 Å². The molecule has 0 aliphatic carbocycles. The van der Waals surface area contributed by atoms with E-state index in [0.29, 0.717) is 21.3 Å². The molecule has 1 heterocycles. The number of nitrogens with one attached hydrogen (secondary N) is 1. The molecule has 1 amide bonds. The number of carbonyl (C=O) groups excluding carboxylic acids is 1. The molecule has 0 aliphatic heterocycles. The zero-order chi connectivity index (χ0) is 12.4. The van der Waals surface area contributed by atoms with Crippen LogP contribution in [-0.4, -0.2) is 11.1 Å². The van der Waals surface area contributed by atoms with Gasteiger partial charge in [0.1, 0.15) is 0 Å². The van der Waals surface area contributed by atoms with Gasteiger partial charge < -0.3 is 9.84 Å². The van der Waals surface area contributed by atoms with E-state index >= 15 is 0 Å². The maximum absolute atomic E-state index is 11.8. The number of aromatic nitrogens is 1. The number of hydrogen-bond acceptors (Lipinski definition) is 3. The molecule has 0 aliphatic rings. The molecule has 0 radical (unpaired) electrons. The van der Waals surface area contributed by atoms with E-state index in [1.165, 1.54) is 6.20 Å². The van der Waals surface area contributed by atoms with Crippen LogP contribution in [-0.2, 0) is 0 Å². The van der Waals surface area contributed by atoms with Crippen molar-refractivity contribution in [3.05, 3.63) is 45.8 Å². The summed E-state index contributed by atoms with van der Waals surface area (Å²) in [6.45, 7) is 1.73. The van der Waals surface area contributed by atoms with Crippen LogP contribution in [0.4, 0.5) is 5.69 Å². The van der Waals surface area contributed by atoms with E-state index in [9.17, 15) is 4.79 Å². The highest BCUT2D eigenvalue weighted by molar-refractivity contribution is 6.44. The van der Waals surface area contributed by atoms with Crippen LogP contribution in [0.1, 0.15) is 16.1 Å². The molecule has 0 spiro atoms. The van der Waals surface area contributed by atoms with Gasteiger partial charge in [-0.25, -0.2) is 0 Å². The van der Waals surface area contributed by atoms with Crippen molar-refractivity contribution in [3.63, 3.8) is 0 Å². The molecular formula is C11H8Cl2N2O2. The van der Waals surface area contributed by atoms with Crippen LogP contribution in [0.2, 0.25) is 10.0 Å². The Morgan fingerprint density at radius 3 is 2.82 bits per heavy atom. The van der Waals surface area contributed by atoms with E-state index in [4.69, 9.17) is 27.7 Å². The maximum atomic E-state index is 11.8. The molecule has 1 aromatic carbocycles. The van der Waals surface area contributed by atoms with E-state index in [1.54, 1.807) is 25.1 Å². The van der Waals surface area contributed by atoms with E-state index in [2.05, 4.69) is 10.5 Å². The predicted molar refractivity (Wildman–Crippen MR) is 65.7 cm³/mol. The fraction of sp³-hybridized carbons (Fsp3) is 0.0909. The summed E-state index contributed by atoms with van der Waals surface area (Å²) < 4.78 is 4.83. The molecule has 0 bridgehead atoms. The summed E-state index contributed by atoms with van der Waals surface area (Å²) in [4.78, 5) is 11.8. The third-order valence-electron chi connectivity index (χ3n) is 2.15. The van der Waals surface area contributed by atoms with Crippen LogP contribution in [0.15, 0.2) is 28.9 Å². The van der Waals surface area contributed by atoms with Crippen molar-refractivity contribution in [2.45, 2.75) is 6.92 Å². The number of halogens is 2. The minimum Gasteiger partial charge on any atom is -0.351 e.